The number of hydrogen-bond acceptors (Lipinski definition) is 3. The minimum atomic E-state index is -0.887. The molecule has 0 amide bonds. The van der Waals surface area contributed by atoms with E-state index in [4.69, 9.17) is 5.11 Å². The molecule has 2 rings (SSSR count). The van der Waals surface area contributed by atoms with Crippen molar-refractivity contribution in [3.05, 3.63) is 35.4 Å². The highest BCUT2D eigenvalue weighted by atomic mass is 16.4. The number of aliphatic hydroxyl groups excluding tert-OH is 1. The van der Waals surface area contributed by atoms with Crippen LogP contribution in [0, 0.1) is 5.92 Å². The van der Waals surface area contributed by atoms with E-state index in [1.54, 1.807) is 0 Å². The Morgan fingerprint density at radius 3 is 2.52 bits per heavy atom. The van der Waals surface area contributed by atoms with Gasteiger partial charge in [0.05, 0.1) is 12.0 Å². The Morgan fingerprint density at radius 2 is 1.95 bits per heavy atom. The molecular weight excluding hydrogens is 266 g/mol. The van der Waals surface area contributed by atoms with Gasteiger partial charge in [0.1, 0.15) is 0 Å². The maximum atomic E-state index is 11.0. The Hall–Kier alpha value is -1.39. The molecule has 4 heteroatoms. The maximum absolute atomic E-state index is 11.0. The van der Waals surface area contributed by atoms with Gasteiger partial charge in [0, 0.05) is 13.1 Å². The van der Waals surface area contributed by atoms with E-state index in [0.29, 0.717) is 13.0 Å². The molecule has 4 nitrogen and oxygen atoms in total. The summed E-state index contributed by atoms with van der Waals surface area (Å²) in [6.45, 7) is 4.14. The molecule has 21 heavy (non-hydrogen) atoms. The monoisotopic (exact) mass is 291 g/mol. The van der Waals surface area contributed by atoms with Gasteiger partial charge in [-0.05, 0) is 36.9 Å². The van der Waals surface area contributed by atoms with Crippen molar-refractivity contribution in [3.8, 4) is 0 Å². The van der Waals surface area contributed by atoms with Crippen LogP contribution in [0.5, 0.6) is 0 Å². The summed E-state index contributed by atoms with van der Waals surface area (Å²) in [5.74, 6) is -1.50. The molecule has 1 aromatic rings. The van der Waals surface area contributed by atoms with Crippen molar-refractivity contribution in [1.29, 1.82) is 0 Å². The summed E-state index contributed by atoms with van der Waals surface area (Å²) in [4.78, 5) is 13.1. The van der Waals surface area contributed by atoms with Gasteiger partial charge in [-0.2, -0.15) is 0 Å². The minimum absolute atomic E-state index is 0.439. The highest BCUT2D eigenvalue weighted by Gasteiger charge is 2.32. The number of aliphatic carboxylic acids is 1. The zero-order valence-electron chi connectivity index (χ0n) is 12.7. The third-order valence-corrected chi connectivity index (χ3v) is 4.23. The van der Waals surface area contributed by atoms with Crippen LogP contribution >= 0.6 is 0 Å². The Bertz CT molecular complexity index is 458. The van der Waals surface area contributed by atoms with Crippen molar-refractivity contribution >= 4 is 5.97 Å². The molecule has 2 N–H and O–H groups in total. The van der Waals surface area contributed by atoms with E-state index in [1.807, 2.05) is 0 Å². The number of aryl methyl sites for hydroxylation is 1. The lowest BCUT2D eigenvalue weighted by Crippen LogP contribution is -2.46. The van der Waals surface area contributed by atoms with E-state index in [2.05, 4.69) is 36.1 Å². The third-order valence-electron chi connectivity index (χ3n) is 4.23. The molecule has 0 bridgehead atoms. The molecule has 1 fully saturated rings. The number of carbonyl (C=O) groups is 1. The van der Waals surface area contributed by atoms with E-state index in [1.165, 1.54) is 24.0 Å². The normalized spacial score (nSPS) is 23.1. The number of unbranched alkanes of at least 4 members (excludes halogenated alkanes) is 1. The number of nitrogens with zero attached hydrogens (tertiary/aromatic N) is 1. The van der Waals surface area contributed by atoms with Crippen LogP contribution in [-0.4, -0.2) is 40.3 Å². The Balaban J connectivity index is 1.86. The van der Waals surface area contributed by atoms with Gasteiger partial charge in [-0.1, -0.05) is 37.6 Å². The lowest BCUT2D eigenvalue weighted by atomic mass is 9.94. The smallest absolute Gasteiger partial charge is 0.309 e. The van der Waals surface area contributed by atoms with Crippen LogP contribution in [-0.2, 0) is 17.8 Å². The zero-order chi connectivity index (χ0) is 15.2. The van der Waals surface area contributed by atoms with E-state index in [0.717, 1.165) is 19.5 Å². The number of carboxylic acid groups (broad SMARTS) is 1. The largest absolute Gasteiger partial charge is 0.481 e. The number of rotatable bonds is 6. The standard InChI is InChI=1S/C17H25NO3/c1-2-3-4-13-5-7-14(8-6-13)11-18-10-9-15(17(20)21)16(19)12-18/h5-8,15-16,19H,2-4,9-12H2,1H3,(H,20,21)/t15-,16+/m0/s1. The van der Waals surface area contributed by atoms with Crippen molar-refractivity contribution < 1.29 is 15.0 Å². The van der Waals surface area contributed by atoms with Crippen molar-refractivity contribution in [3.63, 3.8) is 0 Å². The zero-order valence-corrected chi connectivity index (χ0v) is 12.7. The minimum Gasteiger partial charge on any atom is -0.481 e. The van der Waals surface area contributed by atoms with E-state index >= 15 is 0 Å². The summed E-state index contributed by atoms with van der Waals surface area (Å²) < 4.78 is 0. The van der Waals surface area contributed by atoms with E-state index in [-0.39, 0.29) is 0 Å². The summed E-state index contributed by atoms with van der Waals surface area (Å²) in [6, 6.07) is 8.62. The molecule has 1 heterocycles. The molecule has 0 saturated carbocycles. The van der Waals surface area contributed by atoms with Gasteiger partial charge >= 0.3 is 5.97 Å². The van der Waals surface area contributed by atoms with Gasteiger partial charge in [-0.15, -0.1) is 0 Å². The Kier molecular flexibility index (Phi) is 5.76. The quantitative estimate of drug-likeness (QED) is 0.844. The predicted molar refractivity (Wildman–Crippen MR) is 82.1 cm³/mol. The van der Waals surface area contributed by atoms with Crippen LogP contribution in [0.3, 0.4) is 0 Å². The fourth-order valence-electron chi connectivity index (χ4n) is 2.88. The van der Waals surface area contributed by atoms with Gasteiger partial charge in [0.25, 0.3) is 0 Å². The molecule has 0 radical (unpaired) electrons. The molecule has 0 spiro atoms. The number of aliphatic hydroxyl groups is 1. The molecule has 1 saturated heterocycles. The highest BCUT2D eigenvalue weighted by molar-refractivity contribution is 5.70. The summed E-state index contributed by atoms with van der Waals surface area (Å²) >= 11 is 0. The van der Waals surface area contributed by atoms with Crippen molar-refractivity contribution in [2.75, 3.05) is 13.1 Å². The molecule has 0 aromatic heterocycles. The van der Waals surface area contributed by atoms with Crippen LogP contribution < -0.4 is 0 Å². The molecular formula is C17H25NO3. The average molecular weight is 291 g/mol. The van der Waals surface area contributed by atoms with Gasteiger partial charge in [0.2, 0.25) is 0 Å². The van der Waals surface area contributed by atoms with E-state index in [9.17, 15) is 9.90 Å². The second-order valence-electron chi connectivity index (χ2n) is 5.96. The third kappa shape index (κ3) is 4.55. The Labute approximate surface area is 126 Å². The fraction of sp³-hybridized carbons (Fsp3) is 0.588. The van der Waals surface area contributed by atoms with Crippen molar-refractivity contribution in [2.45, 2.75) is 45.3 Å². The summed E-state index contributed by atoms with van der Waals surface area (Å²) in [7, 11) is 0. The van der Waals surface area contributed by atoms with E-state index < -0.39 is 18.0 Å². The van der Waals surface area contributed by atoms with Crippen molar-refractivity contribution in [1.82, 2.24) is 4.90 Å². The average Bonchev–Trinajstić information content (AvgIpc) is 2.46. The van der Waals surface area contributed by atoms with Gasteiger partial charge in [0.15, 0.2) is 0 Å². The Morgan fingerprint density at radius 1 is 1.29 bits per heavy atom. The van der Waals surface area contributed by atoms with Crippen molar-refractivity contribution in [2.24, 2.45) is 5.92 Å². The number of likely N-dealkylation sites (tertiary alicyclic amines) is 1. The molecule has 0 unspecified atom stereocenters. The van der Waals surface area contributed by atoms with Gasteiger partial charge in [-0.3, -0.25) is 9.69 Å². The van der Waals surface area contributed by atoms with Gasteiger partial charge < -0.3 is 10.2 Å². The number of hydrogen-bond donors (Lipinski definition) is 2. The molecule has 1 aliphatic rings. The lowest BCUT2D eigenvalue weighted by Gasteiger charge is -2.33. The first-order valence-corrected chi connectivity index (χ1v) is 7.81. The topological polar surface area (TPSA) is 60.8 Å². The van der Waals surface area contributed by atoms with Crippen LogP contribution in [0.2, 0.25) is 0 Å². The highest BCUT2D eigenvalue weighted by Crippen LogP contribution is 2.20. The van der Waals surface area contributed by atoms with Crippen LogP contribution in [0.1, 0.15) is 37.3 Å². The maximum Gasteiger partial charge on any atom is 0.309 e. The first kappa shape index (κ1) is 16.0. The number of benzene rings is 1. The number of carboxylic acids is 1. The predicted octanol–water partition coefficient (Wildman–Crippen LogP) is 2.30. The van der Waals surface area contributed by atoms with Gasteiger partial charge in [-0.25, -0.2) is 0 Å². The van der Waals surface area contributed by atoms with Crippen LogP contribution in [0.4, 0.5) is 0 Å². The first-order valence-electron chi connectivity index (χ1n) is 7.81. The molecule has 1 aromatic carbocycles. The number of β-amino-alcohol motifs (C(OH)–C–C–N with tert-alkyl or cyclic N) is 1. The first-order chi connectivity index (χ1) is 10.1. The summed E-state index contributed by atoms with van der Waals surface area (Å²) in [6.07, 6.45) is 3.30. The molecule has 116 valence electrons. The SMILES string of the molecule is CCCCc1ccc(CN2CC[C@H](C(=O)O)[C@H](O)C2)cc1. The second-order valence-corrected chi connectivity index (χ2v) is 5.96. The number of piperidine rings is 1. The summed E-state index contributed by atoms with van der Waals surface area (Å²) in [5, 5.41) is 18.9. The lowest BCUT2D eigenvalue weighted by molar-refractivity contribution is -0.148. The molecule has 1 aliphatic heterocycles. The summed E-state index contributed by atoms with van der Waals surface area (Å²) in [5.41, 5.74) is 2.58. The molecule has 2 atom stereocenters. The van der Waals surface area contributed by atoms with Crippen LogP contribution in [0.15, 0.2) is 24.3 Å². The van der Waals surface area contributed by atoms with Crippen LogP contribution in [0.25, 0.3) is 0 Å². The molecule has 0 aliphatic carbocycles. The second kappa shape index (κ2) is 7.57. The fourth-order valence-corrected chi connectivity index (χ4v) is 2.88.